The van der Waals surface area contributed by atoms with E-state index in [4.69, 9.17) is 0 Å². The number of rotatable bonds is 4. The maximum absolute atomic E-state index is 13.3. The number of carbonyl (C=O) groups excluding carboxylic acids is 1. The number of nitriles is 1. The van der Waals surface area contributed by atoms with Crippen molar-refractivity contribution in [2.75, 3.05) is 33.2 Å². The maximum atomic E-state index is 13.3. The van der Waals surface area contributed by atoms with E-state index in [0.717, 1.165) is 56.3 Å². The predicted molar refractivity (Wildman–Crippen MR) is 115 cm³/mol. The number of carbonyl (C=O) groups is 1. The van der Waals surface area contributed by atoms with Gasteiger partial charge in [-0.1, -0.05) is 19.1 Å². The molecule has 2 aliphatic rings. The van der Waals surface area contributed by atoms with Crippen molar-refractivity contribution in [2.45, 2.75) is 32.1 Å². The van der Waals surface area contributed by atoms with Crippen molar-refractivity contribution in [3.05, 3.63) is 41.6 Å². The fraction of sp³-hybridized carbons (Fsp3) is 0.542. The molecule has 0 unspecified atom stereocenters. The largest absolute Gasteiger partial charge is 0.315 e. The van der Waals surface area contributed by atoms with E-state index in [9.17, 15) is 10.1 Å². The number of hydrogen-bond acceptors (Lipinski definition) is 5. The molecule has 152 valence electrons. The second-order valence-electron chi connectivity index (χ2n) is 8.83. The maximum Gasteiger partial charge on any atom is 0.140 e. The Morgan fingerprint density at radius 3 is 2.83 bits per heavy atom. The Morgan fingerprint density at radius 1 is 1.28 bits per heavy atom. The highest BCUT2D eigenvalue weighted by molar-refractivity contribution is 5.88. The number of fused-ring (bicyclic) bond motifs is 1. The van der Waals surface area contributed by atoms with Gasteiger partial charge in [-0.2, -0.15) is 5.26 Å². The first-order valence-electron chi connectivity index (χ1n) is 10.8. The molecular weight excluding hydrogens is 360 g/mol. The Kier molecular flexibility index (Phi) is 5.94. The van der Waals surface area contributed by atoms with Crippen LogP contribution in [0.15, 0.2) is 30.5 Å². The van der Waals surface area contributed by atoms with Gasteiger partial charge in [0.15, 0.2) is 0 Å². The number of likely N-dealkylation sites (tertiary alicyclic amines) is 1. The van der Waals surface area contributed by atoms with Crippen molar-refractivity contribution in [1.82, 2.24) is 15.2 Å². The number of pyridine rings is 1. The summed E-state index contributed by atoms with van der Waals surface area (Å²) in [5, 5.41) is 13.9. The van der Waals surface area contributed by atoms with Crippen molar-refractivity contribution in [1.29, 1.82) is 5.26 Å². The van der Waals surface area contributed by atoms with Crippen LogP contribution >= 0.6 is 0 Å². The van der Waals surface area contributed by atoms with E-state index in [1.807, 2.05) is 18.2 Å². The third-order valence-corrected chi connectivity index (χ3v) is 7.04. The number of Topliss-reactive ketones (excluding diaryl/α,β-unsaturated/α-hetero) is 1. The number of aromatic nitrogens is 1. The lowest BCUT2D eigenvalue weighted by molar-refractivity contribution is -0.129. The van der Waals surface area contributed by atoms with Crippen LogP contribution in [0.1, 0.15) is 43.2 Å². The zero-order valence-electron chi connectivity index (χ0n) is 17.4. The normalized spacial score (nSPS) is 24.9. The zero-order valence-corrected chi connectivity index (χ0v) is 17.4. The highest BCUT2D eigenvalue weighted by Gasteiger charge is 2.35. The number of piperidine rings is 2. The Bertz CT molecular complexity index is 926. The van der Waals surface area contributed by atoms with Crippen molar-refractivity contribution >= 4 is 16.7 Å². The Labute approximate surface area is 173 Å². The molecule has 5 heteroatoms. The smallest absolute Gasteiger partial charge is 0.140 e. The van der Waals surface area contributed by atoms with Gasteiger partial charge in [0.2, 0.25) is 0 Å². The van der Waals surface area contributed by atoms with Gasteiger partial charge >= 0.3 is 0 Å². The van der Waals surface area contributed by atoms with Gasteiger partial charge in [0, 0.05) is 36.5 Å². The second-order valence-corrected chi connectivity index (χ2v) is 8.83. The molecule has 4 rings (SSSR count). The van der Waals surface area contributed by atoms with Gasteiger partial charge in [-0.05, 0) is 68.9 Å². The van der Waals surface area contributed by atoms with Crippen LogP contribution in [0.5, 0.6) is 0 Å². The minimum atomic E-state index is 0.0609. The molecule has 1 aromatic heterocycles. The molecule has 5 nitrogen and oxygen atoms in total. The van der Waals surface area contributed by atoms with Crippen LogP contribution in [0.4, 0.5) is 0 Å². The molecule has 0 radical (unpaired) electrons. The van der Waals surface area contributed by atoms with Gasteiger partial charge < -0.3 is 10.2 Å². The third-order valence-electron chi connectivity index (χ3n) is 7.04. The van der Waals surface area contributed by atoms with Gasteiger partial charge in [-0.3, -0.25) is 9.78 Å². The number of hydrogen-bond donors (Lipinski definition) is 1. The van der Waals surface area contributed by atoms with Crippen LogP contribution in [0, 0.1) is 29.1 Å². The monoisotopic (exact) mass is 390 g/mol. The lowest BCUT2D eigenvalue weighted by Crippen LogP contribution is -2.43. The molecule has 2 aromatic rings. The molecule has 0 aliphatic carbocycles. The van der Waals surface area contributed by atoms with E-state index in [1.165, 1.54) is 5.56 Å². The molecule has 3 atom stereocenters. The molecule has 1 aromatic carbocycles. The summed E-state index contributed by atoms with van der Waals surface area (Å²) in [5.74, 6) is 1.40. The molecule has 0 spiro atoms. The van der Waals surface area contributed by atoms with Gasteiger partial charge in [0.1, 0.15) is 11.9 Å². The molecule has 0 amide bonds. The Morgan fingerprint density at radius 2 is 2.07 bits per heavy atom. The summed E-state index contributed by atoms with van der Waals surface area (Å²) in [5.41, 5.74) is 2.57. The first-order chi connectivity index (χ1) is 14.1. The average molecular weight is 391 g/mol. The third kappa shape index (κ3) is 4.05. The number of nitrogens with zero attached hydrogens (tertiary/aromatic N) is 3. The summed E-state index contributed by atoms with van der Waals surface area (Å²) >= 11 is 0. The van der Waals surface area contributed by atoms with Gasteiger partial charge in [-0.25, -0.2) is 0 Å². The standard InChI is InChI=1S/C24H30N4O/c1-16(17-7-10-28(2)11-8-17)24(29)20-12-19(14-26-15-20)21-6-5-18(13-25)23-22(21)4-3-9-27-23/h3-6,9,16-17,19-20,26H,7-8,10-12,14-15H2,1-2H3/t16-,19-,20+/m0/s1. The molecule has 0 bridgehead atoms. The molecule has 3 heterocycles. The summed E-state index contributed by atoms with van der Waals surface area (Å²) in [7, 11) is 2.16. The first kappa shape index (κ1) is 20.0. The minimum absolute atomic E-state index is 0.0609. The van der Waals surface area contributed by atoms with Crippen LogP contribution in [0.25, 0.3) is 10.9 Å². The SMILES string of the molecule is C[C@H](C(=O)[C@H]1CNC[C@@H](c2ccc(C#N)c3ncccc23)C1)C1CCN(C)CC1. The highest BCUT2D eigenvalue weighted by atomic mass is 16.1. The van der Waals surface area contributed by atoms with Crippen molar-refractivity contribution in [3.63, 3.8) is 0 Å². The quantitative estimate of drug-likeness (QED) is 0.867. The van der Waals surface area contributed by atoms with E-state index in [0.29, 0.717) is 17.3 Å². The molecule has 2 fully saturated rings. The van der Waals surface area contributed by atoms with Crippen LogP contribution < -0.4 is 5.32 Å². The van der Waals surface area contributed by atoms with Crippen molar-refractivity contribution in [3.8, 4) is 6.07 Å². The van der Waals surface area contributed by atoms with E-state index in [-0.39, 0.29) is 17.8 Å². The van der Waals surface area contributed by atoms with Crippen LogP contribution in [0.2, 0.25) is 0 Å². The lowest BCUT2D eigenvalue weighted by Gasteiger charge is -2.36. The molecule has 2 saturated heterocycles. The topological polar surface area (TPSA) is 69.0 Å². The summed E-state index contributed by atoms with van der Waals surface area (Å²) in [6, 6.07) is 10.1. The average Bonchev–Trinajstić information content (AvgIpc) is 2.78. The minimum Gasteiger partial charge on any atom is -0.315 e. The van der Waals surface area contributed by atoms with Crippen LogP contribution in [0.3, 0.4) is 0 Å². The molecular formula is C24H30N4O. The zero-order chi connectivity index (χ0) is 20.4. The van der Waals surface area contributed by atoms with Gasteiger partial charge in [-0.15, -0.1) is 0 Å². The fourth-order valence-corrected chi connectivity index (χ4v) is 5.17. The van der Waals surface area contributed by atoms with E-state index >= 15 is 0 Å². The predicted octanol–water partition coefficient (Wildman–Crippen LogP) is 3.35. The number of benzene rings is 1. The van der Waals surface area contributed by atoms with Gasteiger partial charge in [0.05, 0.1) is 11.1 Å². The van der Waals surface area contributed by atoms with Gasteiger partial charge in [0.25, 0.3) is 0 Å². The number of nitrogens with one attached hydrogen (secondary N) is 1. The van der Waals surface area contributed by atoms with Crippen LogP contribution in [-0.4, -0.2) is 48.9 Å². The fourth-order valence-electron chi connectivity index (χ4n) is 5.17. The first-order valence-corrected chi connectivity index (χ1v) is 10.8. The molecule has 2 aliphatic heterocycles. The lowest BCUT2D eigenvalue weighted by atomic mass is 9.75. The molecule has 1 N–H and O–H groups in total. The van der Waals surface area contributed by atoms with Crippen molar-refractivity contribution in [2.24, 2.45) is 17.8 Å². The van der Waals surface area contributed by atoms with E-state index < -0.39 is 0 Å². The van der Waals surface area contributed by atoms with Crippen molar-refractivity contribution < 1.29 is 4.79 Å². The summed E-state index contributed by atoms with van der Waals surface area (Å²) in [6.45, 7) is 5.97. The summed E-state index contributed by atoms with van der Waals surface area (Å²) in [6.07, 6.45) is 4.86. The highest BCUT2D eigenvalue weighted by Crippen LogP contribution is 2.35. The number of ketones is 1. The van der Waals surface area contributed by atoms with E-state index in [1.54, 1.807) is 6.20 Å². The molecule has 0 saturated carbocycles. The molecule has 29 heavy (non-hydrogen) atoms. The second kappa shape index (κ2) is 8.61. The van der Waals surface area contributed by atoms with Crippen LogP contribution in [-0.2, 0) is 4.79 Å². The Hall–Kier alpha value is -2.29. The Balaban J connectivity index is 1.52. The summed E-state index contributed by atoms with van der Waals surface area (Å²) < 4.78 is 0. The van der Waals surface area contributed by atoms with E-state index in [2.05, 4.69) is 41.3 Å². The summed E-state index contributed by atoms with van der Waals surface area (Å²) in [4.78, 5) is 20.1.